The van der Waals surface area contributed by atoms with Crippen LogP contribution in [-0.4, -0.2) is 35.2 Å². The molecule has 0 N–H and O–H groups in total. The molecule has 0 saturated heterocycles. The van der Waals surface area contributed by atoms with Gasteiger partial charge in [-0.2, -0.15) is 5.26 Å². The van der Waals surface area contributed by atoms with Gasteiger partial charge in [0.05, 0.1) is 6.07 Å². The molecule has 1 aliphatic rings. The topological polar surface area (TPSA) is 64.4 Å². The molecular weight excluding hydrogens is 374 g/mol. The van der Waals surface area contributed by atoms with E-state index in [-0.39, 0.29) is 11.8 Å². The Morgan fingerprint density at radius 3 is 2.60 bits per heavy atom. The molecule has 1 aliphatic heterocycles. The minimum Gasteiger partial charge on any atom is -0.342 e. The van der Waals surface area contributed by atoms with Gasteiger partial charge < -0.3 is 9.80 Å². The molecule has 0 unspecified atom stereocenters. The van der Waals surface area contributed by atoms with E-state index < -0.39 is 0 Å². The second-order valence-electron chi connectivity index (χ2n) is 7.94. The fourth-order valence-corrected chi connectivity index (χ4v) is 3.80. The number of carbonyl (C=O) groups is 2. The van der Waals surface area contributed by atoms with Gasteiger partial charge in [0.1, 0.15) is 0 Å². The Hall–Kier alpha value is -3.13. The lowest BCUT2D eigenvalue weighted by atomic mass is 10.0. The summed E-state index contributed by atoms with van der Waals surface area (Å²) in [4.78, 5) is 29.3. The van der Waals surface area contributed by atoms with Gasteiger partial charge >= 0.3 is 0 Å². The number of nitriles is 1. The lowest BCUT2D eigenvalue weighted by Crippen LogP contribution is -2.29. The predicted octanol–water partition coefficient (Wildman–Crippen LogP) is 4.56. The van der Waals surface area contributed by atoms with E-state index in [0.29, 0.717) is 37.2 Å². The molecule has 5 heteroatoms. The molecule has 1 heterocycles. The molecule has 0 spiro atoms. The SMILES string of the molecule is CCCCN(C)C(=O)c1cccc(C(=O)N2Cc3ccc(CCCC#N)cc3C2)c1. The Labute approximate surface area is 178 Å². The second-order valence-corrected chi connectivity index (χ2v) is 7.94. The Bertz CT molecular complexity index is 961. The van der Waals surface area contributed by atoms with Crippen LogP contribution in [0.25, 0.3) is 0 Å². The van der Waals surface area contributed by atoms with Crippen molar-refractivity contribution in [3.8, 4) is 6.07 Å². The molecule has 0 saturated carbocycles. The average Bonchev–Trinajstić information content (AvgIpc) is 3.20. The Morgan fingerprint density at radius 1 is 1.07 bits per heavy atom. The molecule has 0 radical (unpaired) electrons. The maximum absolute atomic E-state index is 13.1. The van der Waals surface area contributed by atoms with Crippen molar-refractivity contribution in [3.05, 3.63) is 70.3 Å². The zero-order valence-electron chi connectivity index (χ0n) is 17.9. The van der Waals surface area contributed by atoms with Crippen LogP contribution in [0.4, 0.5) is 0 Å². The molecule has 2 amide bonds. The highest BCUT2D eigenvalue weighted by Crippen LogP contribution is 2.26. The number of fused-ring (bicyclic) bond motifs is 1. The summed E-state index contributed by atoms with van der Waals surface area (Å²) in [5.41, 5.74) is 4.65. The lowest BCUT2D eigenvalue weighted by Gasteiger charge is -2.18. The van der Waals surface area contributed by atoms with Crippen molar-refractivity contribution in [2.24, 2.45) is 0 Å². The largest absolute Gasteiger partial charge is 0.342 e. The molecule has 0 aliphatic carbocycles. The van der Waals surface area contributed by atoms with Crippen LogP contribution in [-0.2, 0) is 19.5 Å². The quantitative estimate of drug-likeness (QED) is 0.607. The first-order valence-electron chi connectivity index (χ1n) is 10.7. The third kappa shape index (κ3) is 5.07. The summed E-state index contributed by atoms with van der Waals surface area (Å²) in [5, 5.41) is 8.71. The van der Waals surface area contributed by atoms with E-state index in [0.717, 1.165) is 25.7 Å². The zero-order chi connectivity index (χ0) is 21.5. The van der Waals surface area contributed by atoms with Crippen molar-refractivity contribution >= 4 is 11.8 Å². The molecule has 156 valence electrons. The maximum Gasteiger partial charge on any atom is 0.254 e. The summed E-state index contributed by atoms with van der Waals surface area (Å²) in [7, 11) is 1.80. The van der Waals surface area contributed by atoms with E-state index in [4.69, 9.17) is 5.26 Å². The third-order valence-corrected chi connectivity index (χ3v) is 5.58. The number of benzene rings is 2. The van der Waals surface area contributed by atoms with Gasteiger partial charge in [-0.3, -0.25) is 9.59 Å². The van der Waals surface area contributed by atoms with E-state index in [1.165, 1.54) is 16.7 Å². The van der Waals surface area contributed by atoms with Crippen LogP contribution >= 0.6 is 0 Å². The molecule has 2 aromatic rings. The van der Waals surface area contributed by atoms with Gasteiger partial charge in [-0.15, -0.1) is 0 Å². The molecule has 2 aromatic carbocycles. The van der Waals surface area contributed by atoms with E-state index in [2.05, 4.69) is 31.2 Å². The average molecular weight is 404 g/mol. The maximum atomic E-state index is 13.1. The molecule has 5 nitrogen and oxygen atoms in total. The molecule has 30 heavy (non-hydrogen) atoms. The van der Waals surface area contributed by atoms with E-state index in [1.807, 2.05) is 4.90 Å². The van der Waals surface area contributed by atoms with E-state index in [9.17, 15) is 9.59 Å². The predicted molar refractivity (Wildman–Crippen MR) is 117 cm³/mol. The monoisotopic (exact) mass is 403 g/mol. The highest BCUT2D eigenvalue weighted by molar-refractivity contribution is 5.99. The Balaban J connectivity index is 1.68. The number of unbranched alkanes of at least 4 members (excludes halogenated alkanes) is 2. The van der Waals surface area contributed by atoms with Crippen molar-refractivity contribution < 1.29 is 9.59 Å². The molecule has 0 fully saturated rings. The summed E-state index contributed by atoms with van der Waals surface area (Å²) in [5.74, 6) is -0.104. The van der Waals surface area contributed by atoms with Gasteiger partial charge in [0, 0.05) is 44.2 Å². The Kier molecular flexibility index (Phi) is 7.24. The van der Waals surface area contributed by atoms with Gasteiger partial charge in [-0.1, -0.05) is 37.6 Å². The van der Waals surface area contributed by atoms with Crippen molar-refractivity contribution in [2.75, 3.05) is 13.6 Å². The minimum atomic E-state index is -0.0527. The van der Waals surface area contributed by atoms with Gasteiger partial charge in [-0.05, 0) is 54.2 Å². The van der Waals surface area contributed by atoms with Crippen LogP contribution in [0.2, 0.25) is 0 Å². The van der Waals surface area contributed by atoms with Crippen LogP contribution in [0.1, 0.15) is 70.0 Å². The van der Waals surface area contributed by atoms with E-state index >= 15 is 0 Å². The van der Waals surface area contributed by atoms with Crippen LogP contribution in [0, 0.1) is 11.3 Å². The summed E-state index contributed by atoms with van der Waals surface area (Å²) in [6.45, 7) is 3.97. The Morgan fingerprint density at radius 2 is 1.83 bits per heavy atom. The lowest BCUT2D eigenvalue weighted by molar-refractivity contribution is 0.0751. The molecule has 0 bridgehead atoms. The number of aryl methyl sites for hydroxylation is 1. The van der Waals surface area contributed by atoms with Crippen LogP contribution < -0.4 is 0 Å². The highest BCUT2D eigenvalue weighted by atomic mass is 16.2. The number of hydrogen-bond donors (Lipinski definition) is 0. The standard InChI is InChI=1S/C25H29N3O2/c1-3-4-14-27(2)24(29)20-9-7-10-21(16-20)25(30)28-17-22-12-11-19(8-5-6-13-26)15-23(22)18-28/h7,9-12,15-16H,3-6,8,14,17-18H2,1-2H3. The number of hydrogen-bond acceptors (Lipinski definition) is 3. The number of amides is 2. The first-order chi connectivity index (χ1) is 14.5. The summed E-state index contributed by atoms with van der Waals surface area (Å²) >= 11 is 0. The van der Waals surface area contributed by atoms with Gasteiger partial charge in [0.2, 0.25) is 0 Å². The smallest absolute Gasteiger partial charge is 0.254 e. The van der Waals surface area contributed by atoms with Crippen LogP contribution in [0.5, 0.6) is 0 Å². The fourth-order valence-electron chi connectivity index (χ4n) is 3.80. The summed E-state index contributed by atoms with van der Waals surface area (Å²) < 4.78 is 0. The number of nitrogens with zero attached hydrogens (tertiary/aromatic N) is 3. The first-order valence-corrected chi connectivity index (χ1v) is 10.7. The molecule has 0 atom stereocenters. The van der Waals surface area contributed by atoms with E-state index in [1.54, 1.807) is 36.2 Å². The summed E-state index contributed by atoms with van der Waals surface area (Å²) in [6.07, 6.45) is 4.29. The van der Waals surface area contributed by atoms with Crippen molar-refractivity contribution in [2.45, 2.75) is 52.1 Å². The van der Waals surface area contributed by atoms with Crippen molar-refractivity contribution in [1.82, 2.24) is 9.80 Å². The minimum absolute atomic E-state index is 0.0511. The van der Waals surface area contributed by atoms with Gasteiger partial charge in [-0.25, -0.2) is 0 Å². The normalized spacial score (nSPS) is 12.4. The fraction of sp³-hybridized carbons (Fsp3) is 0.400. The molecular formula is C25H29N3O2. The first kappa shape index (κ1) is 21.6. The van der Waals surface area contributed by atoms with Crippen molar-refractivity contribution in [1.29, 1.82) is 5.26 Å². The second kappa shape index (κ2) is 10.1. The third-order valence-electron chi connectivity index (χ3n) is 5.58. The van der Waals surface area contributed by atoms with Gasteiger partial charge in [0.25, 0.3) is 11.8 Å². The van der Waals surface area contributed by atoms with Gasteiger partial charge in [0.15, 0.2) is 0 Å². The molecule has 0 aromatic heterocycles. The molecule has 3 rings (SSSR count). The highest BCUT2D eigenvalue weighted by Gasteiger charge is 2.25. The number of rotatable bonds is 8. The van der Waals surface area contributed by atoms with Crippen LogP contribution in [0.15, 0.2) is 42.5 Å². The summed E-state index contributed by atoms with van der Waals surface area (Å²) in [6, 6.07) is 15.6. The zero-order valence-corrected chi connectivity index (χ0v) is 17.9. The van der Waals surface area contributed by atoms with Crippen molar-refractivity contribution in [3.63, 3.8) is 0 Å². The van der Waals surface area contributed by atoms with Crippen LogP contribution in [0.3, 0.4) is 0 Å². The number of carbonyl (C=O) groups excluding carboxylic acids is 2.